The third-order valence-corrected chi connectivity index (χ3v) is 5.14. The van der Waals surface area contributed by atoms with E-state index in [0.717, 1.165) is 62.4 Å². The fourth-order valence-corrected chi connectivity index (χ4v) is 4.20. The number of aromatic nitrogens is 2. The van der Waals surface area contributed by atoms with E-state index in [4.69, 9.17) is 4.98 Å². The van der Waals surface area contributed by atoms with Crippen molar-refractivity contribution >= 4 is 11.0 Å². The molecule has 3 rings (SSSR count). The van der Waals surface area contributed by atoms with E-state index >= 15 is 0 Å². The van der Waals surface area contributed by atoms with E-state index in [1.807, 2.05) is 12.1 Å². The summed E-state index contributed by atoms with van der Waals surface area (Å²) in [6.45, 7) is 8.62. The Balaban J connectivity index is 1.83. The molecule has 5 nitrogen and oxygen atoms in total. The summed E-state index contributed by atoms with van der Waals surface area (Å²) in [6, 6.07) is 8.28. The van der Waals surface area contributed by atoms with Gasteiger partial charge in [0.1, 0.15) is 5.82 Å². The third kappa shape index (κ3) is 3.94. The standard InChI is InChI=1S/C20H30N4O/c1-4-11-24-18-9-6-5-8-17(18)21-19(24)13-23-12-7-10-20(15-23,16-25)14-22(2)3/h4-6,8-9,25H,1,7,10-16H2,2-3H3. The lowest BCUT2D eigenvalue weighted by Gasteiger charge is -2.43. The van der Waals surface area contributed by atoms with Gasteiger partial charge >= 0.3 is 0 Å². The Bertz CT molecular complexity index is 724. The Morgan fingerprint density at radius 3 is 2.88 bits per heavy atom. The molecule has 1 aliphatic heterocycles. The molecule has 136 valence electrons. The summed E-state index contributed by atoms with van der Waals surface area (Å²) in [6.07, 6.45) is 4.13. The number of imidazole rings is 1. The molecule has 0 bridgehead atoms. The minimum Gasteiger partial charge on any atom is -0.396 e. The van der Waals surface area contributed by atoms with Gasteiger partial charge in [0.15, 0.2) is 0 Å². The van der Waals surface area contributed by atoms with Crippen LogP contribution in [0.1, 0.15) is 18.7 Å². The van der Waals surface area contributed by atoms with Crippen molar-refractivity contribution in [3.8, 4) is 0 Å². The van der Waals surface area contributed by atoms with Crippen LogP contribution in [0.15, 0.2) is 36.9 Å². The Kier molecular flexibility index (Phi) is 5.57. The second kappa shape index (κ2) is 7.68. The quantitative estimate of drug-likeness (QED) is 0.785. The monoisotopic (exact) mass is 342 g/mol. The first kappa shape index (κ1) is 18.1. The van der Waals surface area contributed by atoms with Crippen LogP contribution in [0.5, 0.6) is 0 Å². The first-order valence-electron chi connectivity index (χ1n) is 9.10. The zero-order valence-corrected chi connectivity index (χ0v) is 15.5. The van der Waals surface area contributed by atoms with Gasteiger partial charge in [0.2, 0.25) is 0 Å². The molecule has 1 aromatic carbocycles. The van der Waals surface area contributed by atoms with E-state index in [0.29, 0.717) is 0 Å². The number of likely N-dealkylation sites (tertiary alicyclic amines) is 1. The summed E-state index contributed by atoms with van der Waals surface area (Å²) < 4.78 is 2.25. The molecule has 1 aliphatic rings. The number of aliphatic hydroxyl groups is 1. The number of nitrogens with zero attached hydrogens (tertiary/aromatic N) is 4. The van der Waals surface area contributed by atoms with Gasteiger partial charge in [-0.2, -0.15) is 0 Å². The second-order valence-electron chi connectivity index (χ2n) is 7.63. The minimum absolute atomic E-state index is 0.0307. The molecule has 5 heteroatoms. The van der Waals surface area contributed by atoms with E-state index < -0.39 is 0 Å². The maximum atomic E-state index is 10.0. The highest BCUT2D eigenvalue weighted by molar-refractivity contribution is 5.75. The molecule has 1 N–H and O–H groups in total. The van der Waals surface area contributed by atoms with E-state index in [1.165, 1.54) is 0 Å². The average Bonchev–Trinajstić information content (AvgIpc) is 2.92. The largest absolute Gasteiger partial charge is 0.396 e. The molecule has 0 amide bonds. The molecular weight excluding hydrogens is 312 g/mol. The molecule has 2 aromatic rings. The van der Waals surface area contributed by atoms with Crippen LogP contribution in [0, 0.1) is 5.41 Å². The van der Waals surface area contributed by atoms with Crippen LogP contribution in [0.4, 0.5) is 0 Å². The number of piperidine rings is 1. The van der Waals surface area contributed by atoms with Gasteiger partial charge in [0.05, 0.1) is 24.2 Å². The Hall–Kier alpha value is -1.69. The maximum absolute atomic E-state index is 10.0. The number of para-hydroxylation sites is 2. The summed E-state index contributed by atoms with van der Waals surface area (Å²) in [7, 11) is 4.17. The second-order valence-corrected chi connectivity index (χ2v) is 7.63. The predicted octanol–water partition coefficient (Wildman–Crippen LogP) is 2.36. The molecule has 0 aliphatic carbocycles. The topological polar surface area (TPSA) is 44.5 Å². The zero-order valence-electron chi connectivity index (χ0n) is 15.5. The van der Waals surface area contributed by atoms with Crippen LogP contribution in [-0.2, 0) is 13.1 Å². The SMILES string of the molecule is C=CCn1c(CN2CCCC(CO)(CN(C)C)C2)nc2ccccc21. The van der Waals surface area contributed by atoms with Crippen molar-refractivity contribution in [3.05, 3.63) is 42.7 Å². The van der Waals surface area contributed by atoms with Crippen molar-refractivity contribution in [1.82, 2.24) is 19.4 Å². The van der Waals surface area contributed by atoms with E-state index in [9.17, 15) is 5.11 Å². The Labute approximate surface area is 150 Å². The number of hydrogen-bond donors (Lipinski definition) is 1. The first-order valence-corrected chi connectivity index (χ1v) is 9.10. The van der Waals surface area contributed by atoms with Crippen LogP contribution in [0.2, 0.25) is 0 Å². The Morgan fingerprint density at radius 1 is 1.36 bits per heavy atom. The molecule has 1 saturated heterocycles. The van der Waals surface area contributed by atoms with Crippen molar-refractivity contribution in [3.63, 3.8) is 0 Å². The summed E-state index contributed by atoms with van der Waals surface area (Å²) in [5, 5.41) is 10.0. The van der Waals surface area contributed by atoms with Gasteiger partial charge in [0, 0.05) is 25.0 Å². The first-order chi connectivity index (χ1) is 12.1. The number of allylic oxidation sites excluding steroid dienone is 1. The van der Waals surface area contributed by atoms with Gasteiger partial charge < -0.3 is 14.6 Å². The molecule has 1 atom stereocenters. The van der Waals surface area contributed by atoms with Crippen LogP contribution < -0.4 is 0 Å². The van der Waals surface area contributed by atoms with E-state index in [2.05, 4.69) is 53.2 Å². The molecule has 2 heterocycles. The molecule has 1 aromatic heterocycles. The van der Waals surface area contributed by atoms with Crippen LogP contribution in [-0.4, -0.2) is 64.8 Å². The molecule has 0 spiro atoms. The zero-order chi connectivity index (χ0) is 17.9. The van der Waals surface area contributed by atoms with Crippen LogP contribution in [0.25, 0.3) is 11.0 Å². The maximum Gasteiger partial charge on any atom is 0.124 e. The fraction of sp³-hybridized carbons (Fsp3) is 0.550. The van der Waals surface area contributed by atoms with Gasteiger partial charge in [-0.05, 0) is 45.6 Å². The fourth-order valence-electron chi connectivity index (χ4n) is 4.20. The van der Waals surface area contributed by atoms with Crippen molar-refractivity contribution < 1.29 is 5.11 Å². The minimum atomic E-state index is -0.0307. The van der Waals surface area contributed by atoms with Gasteiger partial charge in [-0.1, -0.05) is 18.2 Å². The highest BCUT2D eigenvalue weighted by Gasteiger charge is 2.35. The van der Waals surface area contributed by atoms with Crippen molar-refractivity contribution in [2.75, 3.05) is 40.3 Å². The van der Waals surface area contributed by atoms with Crippen molar-refractivity contribution in [1.29, 1.82) is 0 Å². The van der Waals surface area contributed by atoms with Gasteiger partial charge in [0.25, 0.3) is 0 Å². The normalized spacial score (nSPS) is 21.9. The molecular formula is C20H30N4O. The molecule has 1 fully saturated rings. The summed E-state index contributed by atoms with van der Waals surface area (Å²) in [5.41, 5.74) is 2.17. The number of benzene rings is 1. The average molecular weight is 342 g/mol. The van der Waals surface area contributed by atoms with E-state index in [-0.39, 0.29) is 12.0 Å². The highest BCUT2D eigenvalue weighted by atomic mass is 16.3. The molecule has 25 heavy (non-hydrogen) atoms. The lowest BCUT2D eigenvalue weighted by atomic mass is 9.80. The smallest absolute Gasteiger partial charge is 0.124 e. The summed E-state index contributed by atoms with van der Waals surface area (Å²) >= 11 is 0. The Morgan fingerprint density at radius 2 is 2.16 bits per heavy atom. The summed E-state index contributed by atoms with van der Waals surface area (Å²) in [5.74, 6) is 1.08. The van der Waals surface area contributed by atoms with Gasteiger partial charge in [-0.15, -0.1) is 6.58 Å². The number of hydrogen-bond acceptors (Lipinski definition) is 4. The van der Waals surface area contributed by atoms with Crippen LogP contribution in [0.3, 0.4) is 0 Å². The number of fused-ring (bicyclic) bond motifs is 1. The lowest BCUT2D eigenvalue weighted by Crippen LogP contribution is -2.50. The molecule has 0 saturated carbocycles. The van der Waals surface area contributed by atoms with Gasteiger partial charge in [-0.25, -0.2) is 4.98 Å². The molecule has 1 unspecified atom stereocenters. The van der Waals surface area contributed by atoms with Gasteiger partial charge in [-0.3, -0.25) is 4.90 Å². The third-order valence-electron chi connectivity index (χ3n) is 5.14. The van der Waals surface area contributed by atoms with E-state index in [1.54, 1.807) is 0 Å². The highest BCUT2D eigenvalue weighted by Crippen LogP contribution is 2.31. The number of aliphatic hydroxyl groups excluding tert-OH is 1. The van der Waals surface area contributed by atoms with Crippen LogP contribution >= 0.6 is 0 Å². The lowest BCUT2D eigenvalue weighted by molar-refractivity contribution is 0.00940. The van der Waals surface area contributed by atoms with Crippen molar-refractivity contribution in [2.24, 2.45) is 5.41 Å². The number of rotatable bonds is 7. The van der Waals surface area contributed by atoms with Crippen molar-refractivity contribution in [2.45, 2.75) is 25.9 Å². The summed E-state index contributed by atoms with van der Waals surface area (Å²) in [4.78, 5) is 9.50. The predicted molar refractivity (Wildman–Crippen MR) is 103 cm³/mol. The molecule has 0 radical (unpaired) electrons.